The summed E-state index contributed by atoms with van der Waals surface area (Å²) in [7, 11) is 0. The van der Waals surface area contributed by atoms with Crippen LogP contribution in [0.15, 0.2) is 24.3 Å². The lowest BCUT2D eigenvalue weighted by Crippen LogP contribution is -2.26. The highest BCUT2D eigenvalue weighted by atomic mass is 35.5. The van der Waals surface area contributed by atoms with Crippen molar-refractivity contribution in [2.45, 2.75) is 32.1 Å². The van der Waals surface area contributed by atoms with E-state index in [1.54, 1.807) is 12.1 Å². The zero-order chi connectivity index (χ0) is 13.2. The fraction of sp³-hybridized carbons (Fsp3) is 0.500. The number of nitrogens with one attached hydrogen (secondary N) is 1. The molecular formula is C14H19ClFNO. The molecule has 0 bridgehead atoms. The van der Waals surface area contributed by atoms with Gasteiger partial charge in [-0.1, -0.05) is 25.0 Å². The van der Waals surface area contributed by atoms with E-state index in [9.17, 15) is 9.18 Å². The van der Waals surface area contributed by atoms with Gasteiger partial charge in [-0.3, -0.25) is 4.79 Å². The zero-order valence-electron chi connectivity index (χ0n) is 10.4. The molecule has 0 aromatic heterocycles. The Hall–Kier alpha value is -1.09. The first-order chi connectivity index (χ1) is 8.72. The highest BCUT2D eigenvalue weighted by molar-refractivity contribution is 6.17. The Bertz CT molecular complexity index is 353. The van der Waals surface area contributed by atoms with Crippen LogP contribution in [0.3, 0.4) is 0 Å². The van der Waals surface area contributed by atoms with E-state index < -0.39 is 0 Å². The third-order valence-corrected chi connectivity index (χ3v) is 2.93. The molecule has 0 unspecified atom stereocenters. The van der Waals surface area contributed by atoms with E-state index >= 15 is 0 Å². The van der Waals surface area contributed by atoms with Crippen LogP contribution in [0.5, 0.6) is 0 Å². The number of benzene rings is 1. The molecule has 0 aliphatic heterocycles. The molecule has 0 heterocycles. The molecule has 0 spiro atoms. The van der Waals surface area contributed by atoms with Gasteiger partial charge in [-0.15, -0.1) is 11.6 Å². The summed E-state index contributed by atoms with van der Waals surface area (Å²) in [6.07, 6.45) is 4.51. The van der Waals surface area contributed by atoms with E-state index in [1.165, 1.54) is 12.1 Å². The van der Waals surface area contributed by atoms with Crippen LogP contribution in [0.1, 0.15) is 31.2 Å². The van der Waals surface area contributed by atoms with Crippen molar-refractivity contribution in [2.24, 2.45) is 0 Å². The smallest absolute Gasteiger partial charge is 0.224 e. The van der Waals surface area contributed by atoms with Crippen molar-refractivity contribution >= 4 is 17.5 Å². The first kappa shape index (κ1) is 15.0. The first-order valence-corrected chi connectivity index (χ1v) is 6.83. The second-order valence-corrected chi connectivity index (χ2v) is 4.63. The summed E-state index contributed by atoms with van der Waals surface area (Å²) in [6.45, 7) is 0.697. The van der Waals surface area contributed by atoms with Gasteiger partial charge in [0.05, 0.1) is 6.42 Å². The van der Waals surface area contributed by atoms with E-state index in [2.05, 4.69) is 5.32 Å². The number of carbonyl (C=O) groups is 1. The number of halogens is 2. The van der Waals surface area contributed by atoms with Gasteiger partial charge in [-0.05, 0) is 30.5 Å². The monoisotopic (exact) mass is 271 g/mol. The van der Waals surface area contributed by atoms with Gasteiger partial charge < -0.3 is 5.32 Å². The van der Waals surface area contributed by atoms with E-state index in [-0.39, 0.29) is 11.7 Å². The number of rotatable bonds is 8. The minimum Gasteiger partial charge on any atom is -0.356 e. The summed E-state index contributed by atoms with van der Waals surface area (Å²) in [4.78, 5) is 11.6. The maximum Gasteiger partial charge on any atom is 0.224 e. The molecule has 0 fully saturated rings. The third kappa shape index (κ3) is 6.60. The van der Waals surface area contributed by atoms with Crippen molar-refractivity contribution in [3.63, 3.8) is 0 Å². The molecule has 18 heavy (non-hydrogen) atoms. The van der Waals surface area contributed by atoms with Gasteiger partial charge in [0.25, 0.3) is 0 Å². The quantitative estimate of drug-likeness (QED) is 0.571. The van der Waals surface area contributed by atoms with E-state index in [0.29, 0.717) is 18.8 Å². The Balaban J connectivity index is 2.12. The summed E-state index contributed by atoms with van der Waals surface area (Å²) >= 11 is 5.57. The Morgan fingerprint density at radius 3 is 2.44 bits per heavy atom. The fourth-order valence-corrected chi connectivity index (χ4v) is 1.84. The maximum absolute atomic E-state index is 12.7. The van der Waals surface area contributed by atoms with E-state index in [0.717, 1.165) is 31.2 Å². The topological polar surface area (TPSA) is 29.1 Å². The van der Waals surface area contributed by atoms with E-state index in [4.69, 9.17) is 11.6 Å². The van der Waals surface area contributed by atoms with Crippen molar-refractivity contribution in [2.75, 3.05) is 12.4 Å². The minimum atomic E-state index is -0.279. The molecule has 0 aliphatic carbocycles. The summed E-state index contributed by atoms with van der Waals surface area (Å²) in [6, 6.07) is 6.01. The molecule has 2 nitrogen and oxygen atoms in total. The molecule has 1 aromatic rings. The number of unbranched alkanes of at least 4 members (excludes halogenated alkanes) is 3. The fourth-order valence-electron chi connectivity index (χ4n) is 1.65. The second kappa shape index (κ2) is 8.92. The highest BCUT2D eigenvalue weighted by Crippen LogP contribution is 2.04. The summed E-state index contributed by atoms with van der Waals surface area (Å²) in [5, 5.41) is 2.86. The van der Waals surface area contributed by atoms with Gasteiger partial charge in [-0.2, -0.15) is 0 Å². The van der Waals surface area contributed by atoms with Crippen LogP contribution in [0.2, 0.25) is 0 Å². The van der Waals surface area contributed by atoms with E-state index in [1.807, 2.05) is 0 Å². The average molecular weight is 272 g/mol. The maximum atomic E-state index is 12.7. The SMILES string of the molecule is O=C(Cc1ccc(F)cc1)NCCCCCCCl. The molecule has 1 aromatic carbocycles. The molecule has 0 saturated carbocycles. The van der Waals surface area contributed by atoms with Crippen LogP contribution >= 0.6 is 11.6 Å². The van der Waals surface area contributed by atoms with Crippen molar-refractivity contribution in [1.29, 1.82) is 0 Å². The highest BCUT2D eigenvalue weighted by Gasteiger charge is 2.02. The minimum absolute atomic E-state index is 0.0149. The molecule has 0 atom stereocenters. The second-order valence-electron chi connectivity index (χ2n) is 4.26. The summed E-state index contributed by atoms with van der Waals surface area (Å²) in [5.41, 5.74) is 0.830. The van der Waals surface area contributed by atoms with Crippen molar-refractivity contribution in [1.82, 2.24) is 5.32 Å². The number of hydrogen-bond acceptors (Lipinski definition) is 1. The first-order valence-electron chi connectivity index (χ1n) is 6.29. The van der Waals surface area contributed by atoms with Gasteiger partial charge in [-0.25, -0.2) is 4.39 Å². The number of carbonyl (C=O) groups excluding carboxylic acids is 1. The van der Waals surface area contributed by atoms with Gasteiger partial charge in [0.2, 0.25) is 5.91 Å². The number of amides is 1. The van der Waals surface area contributed by atoms with Crippen LogP contribution in [-0.2, 0) is 11.2 Å². The molecule has 0 radical (unpaired) electrons. The van der Waals surface area contributed by atoms with Gasteiger partial charge in [0.1, 0.15) is 5.82 Å². The van der Waals surface area contributed by atoms with Crippen LogP contribution in [0.25, 0.3) is 0 Å². The van der Waals surface area contributed by atoms with Gasteiger partial charge in [0.15, 0.2) is 0 Å². The average Bonchev–Trinajstić information content (AvgIpc) is 2.36. The van der Waals surface area contributed by atoms with Crippen LogP contribution in [-0.4, -0.2) is 18.3 Å². The molecule has 1 amide bonds. The predicted molar refractivity (Wildman–Crippen MR) is 72.3 cm³/mol. The molecule has 1 rings (SSSR count). The third-order valence-electron chi connectivity index (χ3n) is 2.66. The normalized spacial score (nSPS) is 10.3. The molecule has 4 heteroatoms. The Morgan fingerprint density at radius 1 is 1.11 bits per heavy atom. The number of alkyl halides is 1. The van der Waals surface area contributed by atoms with Crippen LogP contribution in [0.4, 0.5) is 4.39 Å². The lowest BCUT2D eigenvalue weighted by Gasteiger charge is -2.05. The molecular weight excluding hydrogens is 253 g/mol. The summed E-state index contributed by atoms with van der Waals surface area (Å²) in [5.74, 6) is 0.411. The summed E-state index contributed by atoms with van der Waals surface area (Å²) < 4.78 is 12.7. The predicted octanol–water partition coefficient (Wildman–Crippen LogP) is 3.28. The zero-order valence-corrected chi connectivity index (χ0v) is 11.2. The van der Waals surface area contributed by atoms with Crippen molar-refractivity contribution < 1.29 is 9.18 Å². The molecule has 100 valence electrons. The Labute approximate surface area is 113 Å². The Kier molecular flexibility index (Phi) is 7.42. The standard InChI is InChI=1S/C14H19ClFNO/c15-9-3-1-2-4-10-17-14(18)11-12-5-7-13(16)8-6-12/h5-8H,1-4,9-11H2,(H,17,18). The van der Waals surface area contributed by atoms with Crippen molar-refractivity contribution in [3.8, 4) is 0 Å². The molecule has 0 aliphatic rings. The number of hydrogen-bond donors (Lipinski definition) is 1. The van der Waals surface area contributed by atoms with Gasteiger partial charge >= 0.3 is 0 Å². The largest absolute Gasteiger partial charge is 0.356 e. The van der Waals surface area contributed by atoms with Gasteiger partial charge in [0, 0.05) is 12.4 Å². The molecule has 0 saturated heterocycles. The van der Waals surface area contributed by atoms with Crippen LogP contribution < -0.4 is 5.32 Å². The lowest BCUT2D eigenvalue weighted by molar-refractivity contribution is -0.120. The van der Waals surface area contributed by atoms with Crippen LogP contribution in [0, 0.1) is 5.82 Å². The molecule has 1 N–H and O–H groups in total. The Morgan fingerprint density at radius 2 is 1.78 bits per heavy atom. The van der Waals surface area contributed by atoms with Crippen molar-refractivity contribution in [3.05, 3.63) is 35.6 Å². The lowest BCUT2D eigenvalue weighted by atomic mass is 10.1.